The third kappa shape index (κ3) is 33.5. The molecule has 0 bridgehead atoms. The molecule has 0 nitrogen and oxygen atoms in total. The van der Waals surface area contributed by atoms with Gasteiger partial charge in [-0.25, -0.2) is 0 Å². The minimum Gasteiger partial charge on any atom is 0 e. The zero-order valence-corrected chi connectivity index (χ0v) is 20.9. The van der Waals surface area contributed by atoms with E-state index in [2.05, 4.69) is 0 Å². The first kappa shape index (κ1) is 52.4. The maximum absolute atomic E-state index is 0. The quantitative estimate of drug-likeness (QED) is 0.264. The van der Waals surface area contributed by atoms with E-state index < -0.39 is 0 Å². The van der Waals surface area contributed by atoms with Gasteiger partial charge in [-0.15, -0.1) is 0 Å². The number of rotatable bonds is 0. The molecule has 0 N–H and O–H groups in total. The van der Waals surface area contributed by atoms with Crippen molar-refractivity contribution in [1.29, 1.82) is 0 Å². The van der Waals surface area contributed by atoms with Crippen molar-refractivity contribution in [3.8, 4) is 0 Å². The van der Waals surface area contributed by atoms with Crippen LogP contribution in [0.3, 0.4) is 0 Å². The molecule has 20 valence electrons. The molecule has 0 aliphatic rings. The van der Waals surface area contributed by atoms with Gasteiger partial charge in [-0.05, 0) is 0 Å². The summed E-state index contributed by atoms with van der Waals surface area (Å²) in [6.07, 6.45) is 0. The number of hydrogen-bond acceptors (Lipinski definition) is 0. The van der Waals surface area contributed by atoms with Crippen LogP contribution >= 0.6 is 0 Å². The fraction of sp³-hybridized carbons (Fsp3) is 0. The Kier molecular flexibility index (Phi) is 303. The molecule has 0 atom stereocenters. The van der Waals surface area contributed by atoms with Crippen LogP contribution < -0.4 is 0 Å². The smallest absolute Gasteiger partial charge is 0 e. The van der Waals surface area contributed by atoms with Crippen LogP contribution in [0.1, 0.15) is 0 Å². The maximum Gasteiger partial charge on any atom is 4.00 e. The summed E-state index contributed by atoms with van der Waals surface area (Å²) in [5.74, 6) is 0. The Morgan fingerprint density at radius 1 is 0.286 bits per heavy atom. The summed E-state index contributed by atoms with van der Waals surface area (Å²) in [5.41, 5.74) is 0. The summed E-state index contributed by atoms with van der Waals surface area (Å²) >= 11 is 0. The van der Waals surface area contributed by atoms with Gasteiger partial charge in [0.25, 0.3) is 0 Å². The van der Waals surface area contributed by atoms with Crippen LogP contribution in [0.15, 0.2) is 0 Å². The Morgan fingerprint density at radius 3 is 0.286 bits per heavy atom. The monoisotopic (exact) mass is 753 g/mol. The van der Waals surface area contributed by atoms with Crippen LogP contribution in [0.4, 0.5) is 0 Å². The summed E-state index contributed by atoms with van der Waals surface area (Å²) in [7, 11) is 0. The van der Waals surface area contributed by atoms with Gasteiger partial charge in [-0.1, -0.05) is 0 Å². The molecule has 0 saturated carbocycles. The second-order valence-corrected chi connectivity index (χ2v) is 0. The molecule has 0 aromatic rings. The molecule has 0 aromatic carbocycles. The zero-order valence-electron chi connectivity index (χ0n) is 3.29. The van der Waals surface area contributed by atoms with Crippen LogP contribution in [0, 0.1) is 0 Å². The average molecular weight is 761 g/mol. The normalized spacial score (nSPS) is 0. The van der Waals surface area contributed by atoms with Crippen molar-refractivity contribution in [2.45, 2.75) is 0 Å². The fourth-order valence-corrected chi connectivity index (χ4v) is 0. The van der Waals surface area contributed by atoms with Crippen molar-refractivity contribution in [2.24, 2.45) is 0 Å². The SMILES string of the molecule is [Sb].[Sb].[Sb].[Sb].[Zr+4].[Zr+4].[Zr+4]. The number of hydrogen-bond donors (Lipinski definition) is 0. The molecule has 0 unspecified atom stereocenters. The zero-order chi connectivity index (χ0) is 0. The van der Waals surface area contributed by atoms with Crippen molar-refractivity contribution in [1.82, 2.24) is 0 Å². The third-order valence-corrected chi connectivity index (χ3v) is 0. The molecule has 0 spiro atoms. The van der Waals surface area contributed by atoms with E-state index in [-0.39, 0.29) is 176 Å². The Bertz CT molecular complexity index is 6.90. The molecule has 0 aliphatic heterocycles. The molecule has 0 rings (SSSR count). The van der Waals surface area contributed by atoms with Gasteiger partial charge in [0.2, 0.25) is 0 Å². The topological polar surface area (TPSA) is 0 Å². The predicted molar refractivity (Wildman–Crippen MR) is 23.0 cm³/mol. The molecule has 0 heterocycles. The average Bonchev–Trinajstić information content (AvgIpc) is 0. The van der Waals surface area contributed by atoms with Crippen molar-refractivity contribution in [3.63, 3.8) is 0 Å². The summed E-state index contributed by atoms with van der Waals surface area (Å²) in [6, 6.07) is 0. The standard InChI is InChI=1S/4Sb.3Zr/q;;;;3*+4. The minimum atomic E-state index is 0. The molecular weight excluding hydrogens is 761 g/mol. The summed E-state index contributed by atoms with van der Waals surface area (Å²) in [5, 5.41) is 0. The van der Waals surface area contributed by atoms with Crippen LogP contribution in [0.5, 0.6) is 0 Å². The van der Waals surface area contributed by atoms with Crippen LogP contribution in [0.25, 0.3) is 0 Å². The van der Waals surface area contributed by atoms with E-state index >= 15 is 0 Å². The first-order chi connectivity index (χ1) is 0. The molecule has 7 heavy (non-hydrogen) atoms. The van der Waals surface area contributed by atoms with E-state index in [1.165, 1.54) is 0 Å². The van der Waals surface area contributed by atoms with Gasteiger partial charge < -0.3 is 0 Å². The second kappa shape index (κ2) is 40.6. The largest absolute Gasteiger partial charge is 4.00 e. The first-order valence-corrected chi connectivity index (χ1v) is 0. The predicted octanol–water partition coefficient (Wildman–Crippen LogP) is -1.53. The van der Waals surface area contributed by atoms with E-state index in [0.29, 0.717) is 0 Å². The van der Waals surface area contributed by atoms with Crippen molar-refractivity contribution >= 4 is 97.7 Å². The Morgan fingerprint density at radius 2 is 0.286 bits per heavy atom. The van der Waals surface area contributed by atoms with E-state index in [1.54, 1.807) is 0 Å². The van der Waals surface area contributed by atoms with Gasteiger partial charge in [0, 0.05) is 97.7 Å². The molecule has 0 saturated heterocycles. The van der Waals surface area contributed by atoms with Crippen LogP contribution in [-0.4, -0.2) is 97.7 Å². The van der Waals surface area contributed by atoms with Gasteiger partial charge in [0.1, 0.15) is 0 Å². The third-order valence-electron chi connectivity index (χ3n) is 0. The van der Waals surface area contributed by atoms with E-state index in [4.69, 9.17) is 0 Å². The second-order valence-electron chi connectivity index (χ2n) is 0. The van der Waals surface area contributed by atoms with Crippen LogP contribution in [-0.2, 0) is 78.6 Å². The first-order valence-electron chi connectivity index (χ1n) is 0. The van der Waals surface area contributed by atoms with E-state index in [1.807, 2.05) is 0 Å². The minimum absolute atomic E-state index is 0. The molecular formula is Sb4Zr3+12. The van der Waals surface area contributed by atoms with Gasteiger partial charge in [0.15, 0.2) is 0 Å². The molecule has 0 aliphatic carbocycles. The summed E-state index contributed by atoms with van der Waals surface area (Å²) < 4.78 is 0. The van der Waals surface area contributed by atoms with E-state index in [0.717, 1.165) is 0 Å². The molecule has 0 aromatic heterocycles. The molecule has 0 amide bonds. The fourth-order valence-electron chi connectivity index (χ4n) is 0. The van der Waals surface area contributed by atoms with E-state index in [9.17, 15) is 0 Å². The summed E-state index contributed by atoms with van der Waals surface area (Å²) in [4.78, 5) is 0. The molecule has 12 radical (unpaired) electrons. The van der Waals surface area contributed by atoms with Gasteiger partial charge in [0.05, 0.1) is 0 Å². The van der Waals surface area contributed by atoms with Gasteiger partial charge in [-0.2, -0.15) is 0 Å². The Labute approximate surface area is 171 Å². The van der Waals surface area contributed by atoms with Crippen molar-refractivity contribution in [3.05, 3.63) is 0 Å². The Hall–Kier alpha value is 5.92. The Balaban J connectivity index is 0. The molecule has 0 fully saturated rings. The van der Waals surface area contributed by atoms with Crippen molar-refractivity contribution < 1.29 is 78.6 Å². The molecule has 7 heteroatoms. The summed E-state index contributed by atoms with van der Waals surface area (Å²) in [6.45, 7) is 0. The van der Waals surface area contributed by atoms with Gasteiger partial charge >= 0.3 is 78.6 Å². The van der Waals surface area contributed by atoms with Gasteiger partial charge in [-0.3, -0.25) is 0 Å². The maximum atomic E-state index is 0. The van der Waals surface area contributed by atoms with Crippen LogP contribution in [0.2, 0.25) is 0 Å². The van der Waals surface area contributed by atoms with Crippen molar-refractivity contribution in [2.75, 3.05) is 0 Å².